The second kappa shape index (κ2) is 3.71. The Morgan fingerprint density at radius 1 is 1.14 bits per heavy atom. The zero-order chi connectivity index (χ0) is 10.0. The highest BCUT2D eigenvalue weighted by Crippen LogP contribution is 2.34. The molecule has 0 spiro atoms. The van der Waals surface area contributed by atoms with Gasteiger partial charge in [-0.05, 0) is 23.8 Å². The fourth-order valence-corrected chi connectivity index (χ4v) is 2.12. The SMILES string of the molecule is CC1(c2ccccc2)CCN(O)CC1. The van der Waals surface area contributed by atoms with Gasteiger partial charge in [0.25, 0.3) is 0 Å². The van der Waals surface area contributed by atoms with Crippen molar-refractivity contribution in [2.75, 3.05) is 13.1 Å². The number of hydrogen-bond acceptors (Lipinski definition) is 2. The van der Waals surface area contributed by atoms with Crippen molar-refractivity contribution >= 4 is 0 Å². The van der Waals surface area contributed by atoms with Crippen molar-refractivity contribution in [1.82, 2.24) is 5.06 Å². The Bertz CT molecular complexity index is 288. The first-order valence-corrected chi connectivity index (χ1v) is 5.20. The van der Waals surface area contributed by atoms with Crippen LogP contribution in [-0.4, -0.2) is 23.4 Å². The predicted octanol–water partition coefficient (Wildman–Crippen LogP) is 2.43. The molecule has 2 heteroatoms. The summed E-state index contributed by atoms with van der Waals surface area (Å²) in [4.78, 5) is 0. The Balaban J connectivity index is 2.17. The monoisotopic (exact) mass is 191 g/mol. The van der Waals surface area contributed by atoms with Crippen LogP contribution in [0.5, 0.6) is 0 Å². The second-order valence-electron chi connectivity index (χ2n) is 4.38. The first-order chi connectivity index (χ1) is 6.71. The van der Waals surface area contributed by atoms with E-state index in [2.05, 4.69) is 31.2 Å². The largest absolute Gasteiger partial charge is 0.314 e. The van der Waals surface area contributed by atoms with Gasteiger partial charge in [-0.2, -0.15) is 5.06 Å². The molecule has 1 heterocycles. The number of piperidine rings is 1. The Morgan fingerprint density at radius 2 is 1.71 bits per heavy atom. The van der Waals surface area contributed by atoms with Crippen LogP contribution in [0, 0.1) is 0 Å². The first-order valence-electron chi connectivity index (χ1n) is 5.20. The quantitative estimate of drug-likeness (QED) is 0.737. The summed E-state index contributed by atoms with van der Waals surface area (Å²) in [7, 11) is 0. The third-order valence-electron chi connectivity index (χ3n) is 3.31. The van der Waals surface area contributed by atoms with Crippen LogP contribution in [0.3, 0.4) is 0 Å². The molecule has 14 heavy (non-hydrogen) atoms. The molecule has 1 fully saturated rings. The van der Waals surface area contributed by atoms with Gasteiger partial charge < -0.3 is 5.21 Å². The summed E-state index contributed by atoms with van der Waals surface area (Å²) >= 11 is 0. The van der Waals surface area contributed by atoms with Crippen LogP contribution < -0.4 is 0 Å². The molecule has 1 aromatic rings. The number of benzene rings is 1. The number of hydroxylamine groups is 2. The molecule has 1 aliphatic heterocycles. The minimum atomic E-state index is 0.250. The molecule has 0 saturated carbocycles. The topological polar surface area (TPSA) is 23.5 Å². The molecule has 0 unspecified atom stereocenters. The average molecular weight is 191 g/mol. The summed E-state index contributed by atoms with van der Waals surface area (Å²) < 4.78 is 0. The van der Waals surface area contributed by atoms with E-state index in [1.54, 1.807) is 0 Å². The molecular formula is C12H17NO. The van der Waals surface area contributed by atoms with Gasteiger partial charge in [-0.15, -0.1) is 0 Å². The zero-order valence-electron chi connectivity index (χ0n) is 8.61. The van der Waals surface area contributed by atoms with E-state index in [0.29, 0.717) is 0 Å². The standard InChI is InChI=1S/C12H17NO/c1-12(7-9-13(14)10-8-12)11-5-3-2-4-6-11/h2-6,14H,7-10H2,1H3. The molecule has 1 aliphatic rings. The van der Waals surface area contributed by atoms with Gasteiger partial charge in [-0.25, -0.2) is 0 Å². The third kappa shape index (κ3) is 1.81. The lowest BCUT2D eigenvalue weighted by Crippen LogP contribution is -2.39. The molecule has 0 atom stereocenters. The van der Waals surface area contributed by atoms with Crippen molar-refractivity contribution < 1.29 is 5.21 Å². The second-order valence-corrected chi connectivity index (χ2v) is 4.38. The Labute approximate surface area is 85.1 Å². The van der Waals surface area contributed by atoms with E-state index in [4.69, 9.17) is 0 Å². The number of nitrogens with zero attached hydrogens (tertiary/aromatic N) is 1. The number of hydrogen-bond donors (Lipinski definition) is 1. The van der Waals surface area contributed by atoms with Crippen LogP contribution in [0.15, 0.2) is 30.3 Å². The molecule has 76 valence electrons. The summed E-state index contributed by atoms with van der Waals surface area (Å²) in [5.41, 5.74) is 1.65. The van der Waals surface area contributed by atoms with Gasteiger partial charge in [-0.1, -0.05) is 37.3 Å². The highest BCUT2D eigenvalue weighted by Gasteiger charge is 2.30. The van der Waals surface area contributed by atoms with Crippen molar-refractivity contribution in [2.24, 2.45) is 0 Å². The van der Waals surface area contributed by atoms with Crippen LogP contribution >= 0.6 is 0 Å². The summed E-state index contributed by atoms with van der Waals surface area (Å²) in [6.07, 6.45) is 2.07. The highest BCUT2D eigenvalue weighted by molar-refractivity contribution is 5.24. The van der Waals surface area contributed by atoms with Gasteiger partial charge in [0.1, 0.15) is 0 Å². The zero-order valence-corrected chi connectivity index (χ0v) is 8.61. The maximum atomic E-state index is 9.32. The molecular weight excluding hydrogens is 174 g/mol. The number of rotatable bonds is 1. The lowest BCUT2D eigenvalue weighted by Gasteiger charge is -2.37. The fourth-order valence-electron chi connectivity index (χ4n) is 2.12. The molecule has 0 amide bonds. The fraction of sp³-hybridized carbons (Fsp3) is 0.500. The lowest BCUT2D eigenvalue weighted by atomic mass is 9.75. The van der Waals surface area contributed by atoms with E-state index < -0.39 is 0 Å². The van der Waals surface area contributed by atoms with E-state index in [-0.39, 0.29) is 5.41 Å². The van der Waals surface area contributed by atoms with Crippen LogP contribution in [0.1, 0.15) is 25.3 Å². The van der Waals surface area contributed by atoms with Crippen molar-refractivity contribution in [2.45, 2.75) is 25.2 Å². The smallest absolute Gasteiger partial charge is 0.0246 e. The normalized spacial score (nSPS) is 22.1. The molecule has 1 N–H and O–H groups in total. The van der Waals surface area contributed by atoms with Gasteiger partial charge in [0.2, 0.25) is 0 Å². The van der Waals surface area contributed by atoms with E-state index in [9.17, 15) is 5.21 Å². The first kappa shape index (κ1) is 9.69. The van der Waals surface area contributed by atoms with Gasteiger partial charge in [0, 0.05) is 13.1 Å². The van der Waals surface area contributed by atoms with Gasteiger partial charge >= 0.3 is 0 Å². The maximum Gasteiger partial charge on any atom is 0.0246 e. The molecule has 0 aromatic heterocycles. The Kier molecular flexibility index (Phi) is 2.57. The van der Waals surface area contributed by atoms with E-state index in [0.717, 1.165) is 25.9 Å². The Morgan fingerprint density at radius 3 is 2.29 bits per heavy atom. The summed E-state index contributed by atoms with van der Waals surface area (Å²) in [6.45, 7) is 3.85. The van der Waals surface area contributed by atoms with E-state index >= 15 is 0 Å². The van der Waals surface area contributed by atoms with Crippen molar-refractivity contribution in [3.63, 3.8) is 0 Å². The van der Waals surface area contributed by atoms with Gasteiger partial charge in [-0.3, -0.25) is 0 Å². The van der Waals surface area contributed by atoms with E-state index in [1.807, 2.05) is 6.07 Å². The van der Waals surface area contributed by atoms with E-state index in [1.165, 1.54) is 10.6 Å². The highest BCUT2D eigenvalue weighted by atomic mass is 16.5. The molecule has 1 saturated heterocycles. The Hall–Kier alpha value is -0.860. The average Bonchev–Trinajstić information content (AvgIpc) is 2.24. The van der Waals surface area contributed by atoms with Crippen LogP contribution in [0.4, 0.5) is 0 Å². The van der Waals surface area contributed by atoms with Gasteiger partial charge in [0.15, 0.2) is 0 Å². The molecule has 2 rings (SSSR count). The van der Waals surface area contributed by atoms with Crippen molar-refractivity contribution in [1.29, 1.82) is 0 Å². The summed E-state index contributed by atoms with van der Waals surface area (Å²) in [6, 6.07) is 10.6. The van der Waals surface area contributed by atoms with Gasteiger partial charge in [0.05, 0.1) is 0 Å². The summed E-state index contributed by atoms with van der Waals surface area (Å²) in [5.74, 6) is 0. The molecule has 2 nitrogen and oxygen atoms in total. The minimum absolute atomic E-state index is 0.250. The minimum Gasteiger partial charge on any atom is -0.314 e. The summed E-state index contributed by atoms with van der Waals surface area (Å²) in [5, 5.41) is 10.7. The van der Waals surface area contributed by atoms with Crippen LogP contribution in [0.2, 0.25) is 0 Å². The predicted molar refractivity (Wildman–Crippen MR) is 56.4 cm³/mol. The van der Waals surface area contributed by atoms with Crippen molar-refractivity contribution in [3.05, 3.63) is 35.9 Å². The maximum absolute atomic E-state index is 9.32. The lowest BCUT2D eigenvalue weighted by molar-refractivity contribution is -0.114. The molecule has 1 aromatic carbocycles. The molecule has 0 radical (unpaired) electrons. The van der Waals surface area contributed by atoms with Crippen LogP contribution in [0.25, 0.3) is 0 Å². The molecule has 0 aliphatic carbocycles. The van der Waals surface area contributed by atoms with Crippen molar-refractivity contribution in [3.8, 4) is 0 Å². The molecule has 0 bridgehead atoms. The van der Waals surface area contributed by atoms with Crippen LogP contribution in [-0.2, 0) is 5.41 Å². The third-order valence-corrected chi connectivity index (χ3v) is 3.31.